The highest BCUT2D eigenvalue weighted by Gasteiger charge is 2.13. The summed E-state index contributed by atoms with van der Waals surface area (Å²) in [6.07, 6.45) is 8.41. The zero-order chi connectivity index (χ0) is 12.0. The summed E-state index contributed by atoms with van der Waals surface area (Å²) in [6, 6.07) is 8.94. The second-order valence-electron chi connectivity index (χ2n) is 3.75. The first-order chi connectivity index (χ1) is 7.55. The van der Waals surface area contributed by atoms with Crippen LogP contribution in [0.2, 0.25) is 0 Å². The number of allylic oxidation sites excluding steroid dienone is 1. The van der Waals surface area contributed by atoms with Crippen LogP contribution in [0.3, 0.4) is 0 Å². The molecule has 16 heavy (non-hydrogen) atoms. The van der Waals surface area contributed by atoms with Gasteiger partial charge in [-0.3, -0.25) is 4.79 Å². The van der Waals surface area contributed by atoms with Gasteiger partial charge in [-0.15, -0.1) is 6.42 Å². The molecule has 1 aromatic rings. The third-order valence-electron chi connectivity index (χ3n) is 2.15. The minimum Gasteiger partial charge on any atom is -0.378 e. The maximum Gasteiger partial charge on any atom is 0.185 e. The molecule has 0 aliphatic carbocycles. The normalized spacial score (nSPS) is 14.3. The Balaban J connectivity index is 2.60. The molecule has 0 aliphatic rings. The fourth-order valence-corrected chi connectivity index (χ4v) is 1.15. The topological polar surface area (TPSA) is 37.3 Å². The molecule has 0 aliphatic heterocycles. The van der Waals surface area contributed by atoms with Crippen LogP contribution in [-0.4, -0.2) is 16.5 Å². The van der Waals surface area contributed by atoms with Gasteiger partial charge in [-0.2, -0.15) is 0 Å². The van der Waals surface area contributed by atoms with E-state index >= 15 is 0 Å². The summed E-state index contributed by atoms with van der Waals surface area (Å²) >= 11 is 0. The Hall–Kier alpha value is -1.85. The molecule has 1 N–H and O–H groups in total. The molecule has 0 saturated heterocycles. The van der Waals surface area contributed by atoms with E-state index in [0.717, 1.165) is 0 Å². The molecule has 0 saturated carbocycles. The summed E-state index contributed by atoms with van der Waals surface area (Å²) in [5.41, 5.74) is -0.563. The van der Waals surface area contributed by atoms with Crippen molar-refractivity contribution < 1.29 is 9.90 Å². The maximum absolute atomic E-state index is 11.6. The van der Waals surface area contributed by atoms with Crippen LogP contribution in [0.25, 0.3) is 0 Å². The molecule has 0 fully saturated rings. The number of hydrogen-bond donors (Lipinski definition) is 1. The molecular weight excluding hydrogens is 200 g/mol. The highest BCUT2D eigenvalue weighted by atomic mass is 16.3. The minimum absolute atomic E-state index is 0.0894. The molecule has 2 nitrogen and oxygen atoms in total. The highest BCUT2D eigenvalue weighted by Crippen LogP contribution is 2.08. The lowest BCUT2D eigenvalue weighted by molar-refractivity contribution is 0.104. The van der Waals surface area contributed by atoms with Crippen molar-refractivity contribution in [2.75, 3.05) is 0 Å². The Morgan fingerprint density at radius 3 is 2.69 bits per heavy atom. The van der Waals surface area contributed by atoms with Crippen LogP contribution in [-0.2, 0) is 0 Å². The molecule has 0 aromatic heterocycles. The zero-order valence-electron chi connectivity index (χ0n) is 9.18. The van der Waals surface area contributed by atoms with Gasteiger partial charge >= 0.3 is 0 Å². The zero-order valence-corrected chi connectivity index (χ0v) is 9.18. The second-order valence-corrected chi connectivity index (χ2v) is 3.75. The Morgan fingerprint density at radius 1 is 1.50 bits per heavy atom. The van der Waals surface area contributed by atoms with Gasteiger partial charge in [0, 0.05) is 12.0 Å². The van der Waals surface area contributed by atoms with Crippen LogP contribution >= 0.6 is 0 Å². The molecule has 1 aromatic carbocycles. The number of benzene rings is 1. The van der Waals surface area contributed by atoms with Gasteiger partial charge in [-0.05, 0) is 13.0 Å². The number of carbonyl (C=O) groups is 1. The first-order valence-corrected chi connectivity index (χ1v) is 5.01. The number of carbonyl (C=O) groups excluding carboxylic acids is 1. The second kappa shape index (κ2) is 5.29. The van der Waals surface area contributed by atoms with Crippen molar-refractivity contribution in [3.8, 4) is 12.3 Å². The molecule has 0 heterocycles. The van der Waals surface area contributed by atoms with Crippen LogP contribution < -0.4 is 0 Å². The molecule has 0 bridgehead atoms. The van der Waals surface area contributed by atoms with Gasteiger partial charge < -0.3 is 5.11 Å². The first kappa shape index (κ1) is 12.2. The van der Waals surface area contributed by atoms with Gasteiger partial charge in [0.15, 0.2) is 5.78 Å². The summed E-state index contributed by atoms with van der Waals surface area (Å²) < 4.78 is 0. The van der Waals surface area contributed by atoms with Crippen LogP contribution in [0, 0.1) is 12.3 Å². The summed E-state index contributed by atoms with van der Waals surface area (Å²) in [4.78, 5) is 11.6. The lowest BCUT2D eigenvalue weighted by atomic mass is 10.0. The van der Waals surface area contributed by atoms with Gasteiger partial charge in [0.2, 0.25) is 0 Å². The Morgan fingerprint density at radius 2 is 2.12 bits per heavy atom. The van der Waals surface area contributed by atoms with Crippen molar-refractivity contribution in [1.29, 1.82) is 0 Å². The summed E-state index contributed by atoms with van der Waals surface area (Å²) in [5, 5.41) is 9.51. The van der Waals surface area contributed by atoms with Crippen LogP contribution in [0.5, 0.6) is 0 Å². The van der Waals surface area contributed by atoms with Gasteiger partial charge in [0.25, 0.3) is 0 Å². The molecule has 1 rings (SSSR count). The van der Waals surface area contributed by atoms with Crippen molar-refractivity contribution >= 4 is 5.78 Å². The molecule has 82 valence electrons. The van der Waals surface area contributed by atoms with Crippen molar-refractivity contribution in [2.24, 2.45) is 0 Å². The van der Waals surface area contributed by atoms with E-state index in [4.69, 9.17) is 6.42 Å². The Labute approximate surface area is 95.6 Å². The fourth-order valence-electron chi connectivity index (χ4n) is 1.15. The Kier molecular flexibility index (Phi) is 4.04. The number of terminal acetylenes is 1. The van der Waals surface area contributed by atoms with E-state index in [0.29, 0.717) is 5.56 Å². The maximum atomic E-state index is 11.6. The van der Waals surface area contributed by atoms with Crippen LogP contribution in [0.4, 0.5) is 0 Å². The smallest absolute Gasteiger partial charge is 0.185 e. The van der Waals surface area contributed by atoms with E-state index in [9.17, 15) is 9.90 Å². The molecule has 1 unspecified atom stereocenters. The fraction of sp³-hybridized carbons (Fsp3) is 0.214. The largest absolute Gasteiger partial charge is 0.378 e. The average Bonchev–Trinajstić information content (AvgIpc) is 2.30. The lowest BCUT2D eigenvalue weighted by Crippen LogP contribution is -2.19. The van der Waals surface area contributed by atoms with E-state index in [1.807, 2.05) is 6.07 Å². The molecule has 0 amide bonds. The first-order valence-electron chi connectivity index (χ1n) is 5.01. The third-order valence-corrected chi connectivity index (χ3v) is 2.15. The standard InChI is InChI=1S/C14H14O2/c1-3-14(2,16)11-7-10-13(15)12-8-5-4-6-9-12/h1,4-10,16H,11H2,2H3/b10-7+. The van der Waals surface area contributed by atoms with Crippen LogP contribution in [0.1, 0.15) is 23.7 Å². The summed E-state index contributed by atoms with van der Waals surface area (Å²) in [7, 11) is 0. The van der Waals surface area contributed by atoms with Crippen LogP contribution in [0.15, 0.2) is 42.5 Å². The van der Waals surface area contributed by atoms with Crippen molar-refractivity contribution in [1.82, 2.24) is 0 Å². The average molecular weight is 214 g/mol. The Bertz CT molecular complexity index is 422. The van der Waals surface area contributed by atoms with E-state index in [1.165, 1.54) is 13.0 Å². The molecule has 1 atom stereocenters. The van der Waals surface area contributed by atoms with E-state index in [-0.39, 0.29) is 12.2 Å². The molecule has 0 spiro atoms. The summed E-state index contributed by atoms with van der Waals surface area (Å²) in [6.45, 7) is 1.53. The van der Waals surface area contributed by atoms with Gasteiger partial charge in [-0.25, -0.2) is 0 Å². The van der Waals surface area contributed by atoms with Gasteiger partial charge in [-0.1, -0.05) is 42.3 Å². The van der Waals surface area contributed by atoms with Gasteiger partial charge in [0.1, 0.15) is 5.60 Å². The molecule has 0 radical (unpaired) electrons. The number of rotatable bonds is 4. The minimum atomic E-state index is -1.19. The molecular formula is C14H14O2. The highest BCUT2D eigenvalue weighted by molar-refractivity contribution is 6.04. The molecule has 2 heteroatoms. The monoisotopic (exact) mass is 214 g/mol. The number of hydrogen-bond acceptors (Lipinski definition) is 2. The number of ketones is 1. The predicted octanol–water partition coefficient (Wildman–Crippen LogP) is 2.20. The SMILES string of the molecule is C#CC(C)(O)C/C=C/C(=O)c1ccccc1. The quantitative estimate of drug-likeness (QED) is 0.474. The van der Waals surface area contributed by atoms with Crippen molar-refractivity contribution in [2.45, 2.75) is 18.9 Å². The van der Waals surface area contributed by atoms with E-state index < -0.39 is 5.60 Å². The van der Waals surface area contributed by atoms with E-state index in [2.05, 4.69) is 5.92 Å². The van der Waals surface area contributed by atoms with Crippen molar-refractivity contribution in [3.05, 3.63) is 48.0 Å². The third kappa shape index (κ3) is 3.72. The predicted molar refractivity (Wildman–Crippen MR) is 64.0 cm³/mol. The van der Waals surface area contributed by atoms with Crippen molar-refractivity contribution in [3.63, 3.8) is 0 Å². The van der Waals surface area contributed by atoms with Gasteiger partial charge in [0.05, 0.1) is 0 Å². The number of aliphatic hydroxyl groups is 1. The lowest BCUT2D eigenvalue weighted by Gasteiger charge is -2.12. The van der Waals surface area contributed by atoms with E-state index in [1.54, 1.807) is 30.3 Å². The summed E-state index contributed by atoms with van der Waals surface area (Å²) in [5.74, 6) is 2.16.